The van der Waals surface area contributed by atoms with E-state index in [1.54, 1.807) is 12.3 Å². The first-order valence-electron chi connectivity index (χ1n) is 5.48. The van der Waals surface area contributed by atoms with E-state index in [-0.39, 0.29) is 18.3 Å². The Bertz CT molecular complexity index is 553. The molecule has 0 atom stereocenters. The molecule has 0 aromatic carbocycles. The molecule has 1 N–H and O–H groups in total. The zero-order chi connectivity index (χ0) is 13.9. The minimum atomic E-state index is -4.26. The van der Waals surface area contributed by atoms with Crippen molar-refractivity contribution in [1.82, 2.24) is 20.4 Å². The average molecular weight is 272 g/mol. The summed E-state index contributed by atoms with van der Waals surface area (Å²) in [4.78, 5) is 8.09. The van der Waals surface area contributed by atoms with Crippen LogP contribution in [0.1, 0.15) is 11.5 Å². The second kappa shape index (κ2) is 5.35. The third-order valence-corrected chi connectivity index (χ3v) is 2.29. The van der Waals surface area contributed by atoms with E-state index in [2.05, 4.69) is 20.4 Å². The highest BCUT2D eigenvalue weighted by molar-refractivity contribution is 5.52. The first kappa shape index (κ1) is 13.5. The summed E-state index contributed by atoms with van der Waals surface area (Å²) in [6, 6.07) is 3.60. The summed E-state index contributed by atoms with van der Waals surface area (Å²) in [5.74, 6) is 0.353. The Morgan fingerprint density at radius 3 is 2.84 bits per heavy atom. The van der Waals surface area contributed by atoms with E-state index in [1.165, 1.54) is 0 Å². The van der Waals surface area contributed by atoms with Gasteiger partial charge in [0.05, 0.1) is 13.1 Å². The molecule has 19 heavy (non-hydrogen) atoms. The molecule has 0 saturated heterocycles. The van der Waals surface area contributed by atoms with Gasteiger partial charge >= 0.3 is 6.18 Å². The molecule has 2 aromatic rings. The van der Waals surface area contributed by atoms with Crippen molar-refractivity contribution in [3.05, 3.63) is 29.8 Å². The van der Waals surface area contributed by atoms with Gasteiger partial charge in [-0.15, -0.1) is 0 Å². The monoisotopic (exact) mass is 272 g/mol. The van der Waals surface area contributed by atoms with Crippen LogP contribution in [0.15, 0.2) is 22.9 Å². The van der Waals surface area contributed by atoms with Crippen LogP contribution >= 0.6 is 0 Å². The molecule has 0 spiro atoms. The molecule has 2 heterocycles. The normalized spacial score (nSPS) is 11.8. The maximum absolute atomic E-state index is 11.9. The molecule has 0 aliphatic heterocycles. The Hall–Kier alpha value is -1.96. The fraction of sp³-hybridized carbons (Fsp3) is 0.364. The summed E-state index contributed by atoms with van der Waals surface area (Å²) in [5, 5.41) is 5.87. The smallest absolute Gasteiger partial charge is 0.337 e. The Kier molecular flexibility index (Phi) is 3.79. The second-order valence-corrected chi connectivity index (χ2v) is 3.90. The summed E-state index contributed by atoms with van der Waals surface area (Å²) < 4.78 is 40.7. The number of nitrogens with zero attached hydrogens (tertiary/aromatic N) is 3. The van der Waals surface area contributed by atoms with E-state index in [1.807, 2.05) is 13.0 Å². The molecule has 2 rings (SSSR count). The number of aryl methyl sites for hydroxylation is 1. The first-order chi connectivity index (χ1) is 8.96. The predicted octanol–water partition coefficient (Wildman–Crippen LogP) is 2.09. The van der Waals surface area contributed by atoms with Crippen LogP contribution < -0.4 is 5.32 Å². The molecule has 0 amide bonds. The standard InChI is InChI=1S/C11H11F3N4O/c1-7-3-2-4-16-9(7)10-17-8(19-18-10)5-15-6-11(12,13)14/h2-4,15H,5-6H2,1H3. The molecule has 0 saturated carbocycles. The van der Waals surface area contributed by atoms with Crippen molar-refractivity contribution in [3.63, 3.8) is 0 Å². The molecular formula is C11H11F3N4O. The molecule has 0 aliphatic rings. The van der Waals surface area contributed by atoms with Crippen LogP contribution in [-0.2, 0) is 6.54 Å². The zero-order valence-corrected chi connectivity index (χ0v) is 10.0. The number of halogens is 3. The van der Waals surface area contributed by atoms with Crippen LogP contribution in [0.2, 0.25) is 0 Å². The van der Waals surface area contributed by atoms with Crippen LogP contribution in [0.25, 0.3) is 11.5 Å². The molecule has 0 radical (unpaired) electrons. The Balaban J connectivity index is 2.02. The van der Waals surface area contributed by atoms with Crippen molar-refractivity contribution in [2.75, 3.05) is 6.54 Å². The van der Waals surface area contributed by atoms with Gasteiger partial charge < -0.3 is 9.84 Å². The van der Waals surface area contributed by atoms with Crippen molar-refractivity contribution in [3.8, 4) is 11.5 Å². The van der Waals surface area contributed by atoms with Crippen molar-refractivity contribution >= 4 is 0 Å². The van der Waals surface area contributed by atoms with Gasteiger partial charge in [-0.2, -0.15) is 18.2 Å². The Labute approximate surface area is 106 Å². The summed E-state index contributed by atoms with van der Waals surface area (Å²) in [7, 11) is 0. The van der Waals surface area contributed by atoms with Crippen LogP contribution in [-0.4, -0.2) is 27.8 Å². The van der Waals surface area contributed by atoms with E-state index in [0.717, 1.165) is 5.56 Å². The van der Waals surface area contributed by atoms with Crippen molar-refractivity contribution in [2.24, 2.45) is 0 Å². The van der Waals surface area contributed by atoms with Gasteiger partial charge in [-0.3, -0.25) is 4.98 Å². The van der Waals surface area contributed by atoms with Crippen LogP contribution in [0.5, 0.6) is 0 Å². The lowest BCUT2D eigenvalue weighted by molar-refractivity contribution is -0.125. The third-order valence-electron chi connectivity index (χ3n) is 2.29. The van der Waals surface area contributed by atoms with Crippen molar-refractivity contribution < 1.29 is 17.7 Å². The van der Waals surface area contributed by atoms with E-state index in [0.29, 0.717) is 5.69 Å². The quantitative estimate of drug-likeness (QED) is 0.923. The molecule has 0 aliphatic carbocycles. The summed E-state index contributed by atoms with van der Waals surface area (Å²) >= 11 is 0. The Morgan fingerprint density at radius 2 is 2.16 bits per heavy atom. The molecule has 8 heteroatoms. The lowest BCUT2D eigenvalue weighted by Crippen LogP contribution is -2.28. The Morgan fingerprint density at radius 1 is 1.37 bits per heavy atom. The molecule has 102 valence electrons. The fourth-order valence-corrected chi connectivity index (χ4v) is 1.45. The van der Waals surface area contributed by atoms with Gasteiger partial charge in [0, 0.05) is 6.20 Å². The largest absolute Gasteiger partial charge is 0.401 e. The van der Waals surface area contributed by atoms with Crippen molar-refractivity contribution in [1.29, 1.82) is 0 Å². The van der Waals surface area contributed by atoms with Gasteiger partial charge in [0.1, 0.15) is 5.69 Å². The van der Waals surface area contributed by atoms with Crippen LogP contribution in [0.3, 0.4) is 0 Å². The lowest BCUT2D eigenvalue weighted by Gasteiger charge is -2.05. The van der Waals surface area contributed by atoms with E-state index in [4.69, 9.17) is 4.52 Å². The molecule has 2 aromatic heterocycles. The summed E-state index contributed by atoms with van der Waals surface area (Å²) in [5.41, 5.74) is 1.41. The number of pyridine rings is 1. The topological polar surface area (TPSA) is 63.8 Å². The van der Waals surface area contributed by atoms with Crippen LogP contribution in [0, 0.1) is 6.92 Å². The van der Waals surface area contributed by atoms with E-state index >= 15 is 0 Å². The predicted molar refractivity (Wildman–Crippen MR) is 60.0 cm³/mol. The average Bonchev–Trinajstić information content (AvgIpc) is 2.76. The van der Waals surface area contributed by atoms with Gasteiger partial charge in [-0.1, -0.05) is 11.2 Å². The van der Waals surface area contributed by atoms with Gasteiger partial charge in [0.15, 0.2) is 0 Å². The number of hydrogen-bond acceptors (Lipinski definition) is 5. The minimum absolute atomic E-state index is 0.0873. The highest BCUT2D eigenvalue weighted by Gasteiger charge is 2.26. The van der Waals surface area contributed by atoms with E-state index in [9.17, 15) is 13.2 Å². The molecule has 0 unspecified atom stereocenters. The molecule has 0 bridgehead atoms. The number of rotatable bonds is 4. The number of aromatic nitrogens is 3. The van der Waals surface area contributed by atoms with Gasteiger partial charge in [0.25, 0.3) is 0 Å². The van der Waals surface area contributed by atoms with Crippen LogP contribution in [0.4, 0.5) is 13.2 Å². The second-order valence-electron chi connectivity index (χ2n) is 3.90. The fourth-order valence-electron chi connectivity index (χ4n) is 1.45. The molecule has 0 fully saturated rings. The summed E-state index contributed by atoms with van der Waals surface area (Å²) in [6.07, 6.45) is -2.68. The molecular weight excluding hydrogens is 261 g/mol. The first-order valence-corrected chi connectivity index (χ1v) is 5.48. The maximum atomic E-state index is 11.9. The number of nitrogens with one attached hydrogen (secondary N) is 1. The number of hydrogen-bond donors (Lipinski definition) is 1. The van der Waals surface area contributed by atoms with E-state index < -0.39 is 12.7 Å². The highest BCUT2D eigenvalue weighted by Crippen LogP contribution is 2.17. The van der Waals surface area contributed by atoms with Gasteiger partial charge in [-0.05, 0) is 18.6 Å². The highest BCUT2D eigenvalue weighted by atomic mass is 19.4. The molecule has 5 nitrogen and oxygen atoms in total. The van der Waals surface area contributed by atoms with Crippen molar-refractivity contribution in [2.45, 2.75) is 19.6 Å². The zero-order valence-electron chi connectivity index (χ0n) is 10.0. The van der Waals surface area contributed by atoms with Gasteiger partial charge in [0.2, 0.25) is 11.7 Å². The SMILES string of the molecule is Cc1cccnc1-c1noc(CNCC(F)(F)F)n1. The summed E-state index contributed by atoms with van der Waals surface area (Å²) in [6.45, 7) is 0.589. The number of alkyl halides is 3. The van der Waals surface area contributed by atoms with Gasteiger partial charge in [-0.25, -0.2) is 0 Å². The minimum Gasteiger partial charge on any atom is -0.337 e. The lowest BCUT2D eigenvalue weighted by atomic mass is 10.2. The third kappa shape index (κ3) is 3.75. The maximum Gasteiger partial charge on any atom is 0.401 e.